The van der Waals surface area contributed by atoms with Crippen LogP contribution in [0.2, 0.25) is 0 Å². The van der Waals surface area contributed by atoms with Gasteiger partial charge < -0.3 is 10.5 Å². The molecule has 0 aliphatic heterocycles. The first-order valence-electron chi connectivity index (χ1n) is 4.24. The third-order valence-electron chi connectivity index (χ3n) is 1.83. The lowest BCUT2D eigenvalue weighted by Crippen LogP contribution is -2.05. The molecule has 0 bridgehead atoms. The zero-order chi connectivity index (χ0) is 9.68. The quantitative estimate of drug-likeness (QED) is 0.767. The van der Waals surface area contributed by atoms with Gasteiger partial charge in [-0.25, -0.2) is 4.39 Å². The van der Waals surface area contributed by atoms with Crippen LogP contribution < -0.4 is 5.73 Å². The average Bonchev–Trinajstić information content (AvgIpc) is 2.12. The van der Waals surface area contributed by atoms with E-state index in [0.717, 1.165) is 5.56 Å². The second-order valence-electron chi connectivity index (χ2n) is 2.90. The lowest BCUT2D eigenvalue weighted by molar-refractivity contribution is 0.184. The maximum Gasteiger partial charge on any atom is 0.126 e. The number of rotatable bonds is 4. The summed E-state index contributed by atoms with van der Waals surface area (Å²) in [6, 6.07) is 4.98. The van der Waals surface area contributed by atoms with Crippen molar-refractivity contribution in [2.45, 2.75) is 13.0 Å². The molecule has 0 heterocycles. The number of methoxy groups -OCH3 is 1. The highest BCUT2D eigenvalue weighted by atomic mass is 19.1. The highest BCUT2D eigenvalue weighted by molar-refractivity contribution is 5.24. The number of benzene rings is 1. The Kier molecular flexibility index (Phi) is 3.86. The van der Waals surface area contributed by atoms with Crippen LogP contribution in [0.3, 0.4) is 0 Å². The Morgan fingerprint density at radius 3 is 2.85 bits per heavy atom. The molecule has 1 aromatic rings. The molecular formula is C10H14FNO. The predicted octanol–water partition coefficient (Wildman–Crippen LogP) is 1.47. The molecule has 0 spiro atoms. The monoisotopic (exact) mass is 183 g/mol. The van der Waals surface area contributed by atoms with Crippen LogP contribution in [-0.2, 0) is 17.8 Å². The lowest BCUT2D eigenvalue weighted by Gasteiger charge is -2.04. The Balaban J connectivity index is 2.83. The van der Waals surface area contributed by atoms with E-state index in [1.54, 1.807) is 19.2 Å². The predicted molar refractivity (Wildman–Crippen MR) is 49.9 cm³/mol. The van der Waals surface area contributed by atoms with Gasteiger partial charge in [-0.15, -0.1) is 0 Å². The van der Waals surface area contributed by atoms with Gasteiger partial charge in [-0.1, -0.05) is 12.1 Å². The maximum absolute atomic E-state index is 13.1. The summed E-state index contributed by atoms with van der Waals surface area (Å²) in [5, 5.41) is 0. The molecule has 1 rings (SSSR count). The fraction of sp³-hybridized carbons (Fsp3) is 0.400. The highest BCUT2D eigenvalue weighted by Gasteiger charge is 2.02. The van der Waals surface area contributed by atoms with Crippen LogP contribution in [0.25, 0.3) is 0 Å². The van der Waals surface area contributed by atoms with Crippen LogP contribution >= 0.6 is 0 Å². The molecule has 0 unspecified atom stereocenters. The molecule has 0 aromatic heterocycles. The van der Waals surface area contributed by atoms with Crippen molar-refractivity contribution in [1.29, 1.82) is 0 Å². The number of nitrogens with two attached hydrogens (primary N) is 1. The van der Waals surface area contributed by atoms with E-state index in [1.165, 1.54) is 6.07 Å². The van der Waals surface area contributed by atoms with E-state index in [0.29, 0.717) is 25.1 Å². The molecule has 0 saturated carbocycles. The second kappa shape index (κ2) is 4.94. The molecule has 0 aliphatic rings. The molecule has 0 fully saturated rings. The molecule has 0 radical (unpaired) electrons. The molecule has 0 amide bonds. The third-order valence-corrected chi connectivity index (χ3v) is 1.83. The van der Waals surface area contributed by atoms with Crippen molar-refractivity contribution >= 4 is 0 Å². The van der Waals surface area contributed by atoms with Crippen molar-refractivity contribution in [3.05, 3.63) is 35.1 Å². The van der Waals surface area contributed by atoms with E-state index in [4.69, 9.17) is 10.5 Å². The Hall–Kier alpha value is -0.930. The van der Waals surface area contributed by atoms with E-state index in [9.17, 15) is 4.39 Å². The summed E-state index contributed by atoms with van der Waals surface area (Å²) >= 11 is 0. The second-order valence-corrected chi connectivity index (χ2v) is 2.90. The van der Waals surface area contributed by atoms with Gasteiger partial charge in [0.05, 0.1) is 6.61 Å². The summed E-state index contributed by atoms with van der Waals surface area (Å²) in [5.41, 5.74) is 7.00. The lowest BCUT2D eigenvalue weighted by atomic mass is 10.1. The van der Waals surface area contributed by atoms with Crippen molar-refractivity contribution in [3.8, 4) is 0 Å². The smallest absolute Gasteiger partial charge is 0.126 e. The first kappa shape index (κ1) is 10.2. The van der Waals surface area contributed by atoms with Gasteiger partial charge in [-0.05, 0) is 30.2 Å². The van der Waals surface area contributed by atoms with Crippen LogP contribution in [0.5, 0.6) is 0 Å². The molecule has 3 heteroatoms. The molecule has 2 N–H and O–H groups in total. The zero-order valence-corrected chi connectivity index (χ0v) is 7.72. The van der Waals surface area contributed by atoms with Crippen molar-refractivity contribution in [3.63, 3.8) is 0 Å². The number of hydrogen-bond acceptors (Lipinski definition) is 2. The average molecular weight is 183 g/mol. The van der Waals surface area contributed by atoms with E-state index >= 15 is 0 Å². The minimum atomic E-state index is -0.190. The summed E-state index contributed by atoms with van der Waals surface area (Å²) in [4.78, 5) is 0. The first-order valence-corrected chi connectivity index (χ1v) is 4.24. The van der Waals surface area contributed by atoms with E-state index < -0.39 is 0 Å². The molecule has 72 valence electrons. The van der Waals surface area contributed by atoms with Gasteiger partial charge >= 0.3 is 0 Å². The summed E-state index contributed by atoms with van der Waals surface area (Å²) < 4.78 is 18.0. The fourth-order valence-electron chi connectivity index (χ4n) is 1.23. The topological polar surface area (TPSA) is 35.2 Å². The molecule has 2 nitrogen and oxygen atoms in total. The summed E-state index contributed by atoms with van der Waals surface area (Å²) in [6.07, 6.45) is 0.573. The Bertz CT molecular complexity index is 276. The van der Waals surface area contributed by atoms with Gasteiger partial charge in [-0.3, -0.25) is 0 Å². The normalized spacial score (nSPS) is 10.4. The number of halogens is 1. The van der Waals surface area contributed by atoms with Crippen molar-refractivity contribution in [1.82, 2.24) is 0 Å². The Morgan fingerprint density at radius 1 is 1.46 bits per heavy atom. The van der Waals surface area contributed by atoms with Gasteiger partial charge in [0.25, 0.3) is 0 Å². The molecule has 13 heavy (non-hydrogen) atoms. The van der Waals surface area contributed by atoms with E-state index in [2.05, 4.69) is 0 Å². The SMILES string of the molecule is COCc1ccc(F)c(CCN)c1. The molecular weight excluding hydrogens is 169 g/mol. The molecule has 1 aromatic carbocycles. The van der Waals surface area contributed by atoms with Gasteiger partial charge in [0, 0.05) is 7.11 Å². The van der Waals surface area contributed by atoms with Crippen LogP contribution in [0.4, 0.5) is 4.39 Å². The number of ether oxygens (including phenoxy) is 1. The van der Waals surface area contributed by atoms with Crippen molar-refractivity contribution in [2.75, 3.05) is 13.7 Å². The third kappa shape index (κ3) is 2.79. The minimum absolute atomic E-state index is 0.190. The van der Waals surface area contributed by atoms with Crippen LogP contribution in [0, 0.1) is 5.82 Å². The van der Waals surface area contributed by atoms with E-state index in [1.807, 2.05) is 0 Å². The van der Waals surface area contributed by atoms with Gasteiger partial charge in [0.1, 0.15) is 5.82 Å². The minimum Gasteiger partial charge on any atom is -0.380 e. The van der Waals surface area contributed by atoms with Gasteiger partial charge in [0.2, 0.25) is 0 Å². The standard InChI is InChI=1S/C10H14FNO/c1-13-7-8-2-3-10(11)9(6-8)4-5-12/h2-3,6H,4-5,7,12H2,1H3. The van der Waals surface area contributed by atoms with E-state index in [-0.39, 0.29) is 5.82 Å². The summed E-state index contributed by atoms with van der Waals surface area (Å²) in [7, 11) is 1.62. The number of hydrogen-bond donors (Lipinski definition) is 1. The van der Waals surface area contributed by atoms with Crippen LogP contribution in [0.1, 0.15) is 11.1 Å². The first-order chi connectivity index (χ1) is 6.27. The van der Waals surface area contributed by atoms with Crippen molar-refractivity contribution in [2.24, 2.45) is 5.73 Å². The molecule has 0 aliphatic carbocycles. The Labute approximate surface area is 77.5 Å². The van der Waals surface area contributed by atoms with Gasteiger partial charge in [0.15, 0.2) is 0 Å². The van der Waals surface area contributed by atoms with Gasteiger partial charge in [-0.2, -0.15) is 0 Å². The largest absolute Gasteiger partial charge is 0.380 e. The molecule has 0 atom stereocenters. The van der Waals surface area contributed by atoms with Crippen molar-refractivity contribution < 1.29 is 9.13 Å². The van der Waals surface area contributed by atoms with Crippen LogP contribution in [0.15, 0.2) is 18.2 Å². The summed E-state index contributed by atoms with van der Waals surface area (Å²) in [6.45, 7) is 0.977. The van der Waals surface area contributed by atoms with Crippen LogP contribution in [-0.4, -0.2) is 13.7 Å². The summed E-state index contributed by atoms with van der Waals surface area (Å²) in [5.74, 6) is -0.190. The fourth-order valence-corrected chi connectivity index (χ4v) is 1.23. The zero-order valence-electron chi connectivity index (χ0n) is 7.72. The Morgan fingerprint density at radius 2 is 2.23 bits per heavy atom. The molecule has 0 saturated heterocycles. The highest BCUT2D eigenvalue weighted by Crippen LogP contribution is 2.11. The maximum atomic E-state index is 13.1.